The monoisotopic (exact) mass is 267 g/mol. The van der Waals surface area contributed by atoms with E-state index in [0.717, 1.165) is 5.56 Å². The van der Waals surface area contributed by atoms with Crippen LogP contribution in [0.4, 0.5) is 0 Å². The number of methoxy groups -OCH3 is 1. The standard InChI is InChI=1S/C11H13N3O3S/c1-17-10-4-2-3-9(7-10)8-13-18(15,16)11-5-6-12-14-11/h2-7,13H,8H2,1H3,(H,12,14). The van der Waals surface area contributed by atoms with E-state index in [2.05, 4.69) is 14.9 Å². The van der Waals surface area contributed by atoms with Gasteiger partial charge in [-0.05, 0) is 23.8 Å². The van der Waals surface area contributed by atoms with Crippen molar-refractivity contribution in [3.63, 3.8) is 0 Å². The molecule has 0 aliphatic heterocycles. The first-order valence-corrected chi connectivity index (χ1v) is 6.72. The number of ether oxygens (including phenoxy) is 1. The van der Waals surface area contributed by atoms with Crippen LogP contribution < -0.4 is 9.46 Å². The van der Waals surface area contributed by atoms with Crippen molar-refractivity contribution in [1.29, 1.82) is 0 Å². The molecule has 0 saturated carbocycles. The van der Waals surface area contributed by atoms with E-state index < -0.39 is 10.0 Å². The van der Waals surface area contributed by atoms with Gasteiger partial charge in [0.2, 0.25) is 0 Å². The van der Waals surface area contributed by atoms with E-state index in [4.69, 9.17) is 4.74 Å². The highest BCUT2D eigenvalue weighted by atomic mass is 32.2. The number of benzene rings is 1. The number of H-pyrrole nitrogens is 1. The predicted molar refractivity (Wildman–Crippen MR) is 65.6 cm³/mol. The molecule has 2 N–H and O–H groups in total. The second-order valence-electron chi connectivity index (χ2n) is 3.60. The Labute approximate surface area is 105 Å². The van der Waals surface area contributed by atoms with Gasteiger partial charge in [0.05, 0.1) is 13.3 Å². The highest BCUT2D eigenvalue weighted by molar-refractivity contribution is 7.89. The highest BCUT2D eigenvalue weighted by Gasteiger charge is 2.14. The number of sulfonamides is 1. The Morgan fingerprint density at radius 2 is 2.22 bits per heavy atom. The fraction of sp³-hybridized carbons (Fsp3) is 0.182. The Balaban J connectivity index is 2.07. The van der Waals surface area contributed by atoms with Gasteiger partial charge in [-0.15, -0.1) is 0 Å². The molecule has 0 spiro atoms. The summed E-state index contributed by atoms with van der Waals surface area (Å²) < 4.78 is 31.2. The van der Waals surface area contributed by atoms with Gasteiger partial charge < -0.3 is 4.74 Å². The summed E-state index contributed by atoms with van der Waals surface area (Å²) >= 11 is 0. The van der Waals surface area contributed by atoms with Crippen molar-refractivity contribution in [1.82, 2.24) is 14.9 Å². The molecule has 2 rings (SSSR count). The SMILES string of the molecule is COc1cccc(CNS(=O)(=O)c2ccn[nH]2)c1. The molecule has 96 valence electrons. The summed E-state index contributed by atoms with van der Waals surface area (Å²) in [6, 6.07) is 8.59. The molecule has 0 aliphatic rings. The normalized spacial score (nSPS) is 11.4. The molecule has 0 amide bonds. The van der Waals surface area contributed by atoms with Crippen LogP contribution in [-0.2, 0) is 16.6 Å². The van der Waals surface area contributed by atoms with Crippen LogP contribution in [0.1, 0.15) is 5.56 Å². The first kappa shape index (κ1) is 12.6. The summed E-state index contributed by atoms with van der Waals surface area (Å²) in [4.78, 5) is 0. The molecule has 0 fully saturated rings. The van der Waals surface area contributed by atoms with Crippen LogP contribution in [0.5, 0.6) is 5.75 Å². The Hall–Kier alpha value is -1.86. The predicted octanol–water partition coefficient (Wildman–Crippen LogP) is 0.897. The van der Waals surface area contributed by atoms with Crippen LogP contribution in [0, 0.1) is 0 Å². The summed E-state index contributed by atoms with van der Waals surface area (Å²) in [5.41, 5.74) is 0.817. The molecule has 2 aromatic rings. The van der Waals surface area contributed by atoms with Gasteiger partial charge >= 0.3 is 0 Å². The number of aromatic nitrogens is 2. The zero-order chi connectivity index (χ0) is 13.0. The minimum atomic E-state index is -3.54. The molecule has 0 aliphatic carbocycles. The number of aromatic amines is 1. The van der Waals surface area contributed by atoms with Crippen LogP contribution in [0.2, 0.25) is 0 Å². The van der Waals surface area contributed by atoms with E-state index >= 15 is 0 Å². The molecule has 0 saturated heterocycles. The number of hydrogen-bond donors (Lipinski definition) is 2. The van der Waals surface area contributed by atoms with Crippen LogP contribution in [0.15, 0.2) is 41.6 Å². The lowest BCUT2D eigenvalue weighted by atomic mass is 10.2. The van der Waals surface area contributed by atoms with E-state index in [1.54, 1.807) is 25.3 Å². The Kier molecular flexibility index (Phi) is 3.63. The first-order chi connectivity index (χ1) is 8.62. The zero-order valence-electron chi connectivity index (χ0n) is 9.75. The minimum Gasteiger partial charge on any atom is -0.497 e. The van der Waals surface area contributed by atoms with Crippen molar-refractivity contribution in [2.45, 2.75) is 11.6 Å². The van der Waals surface area contributed by atoms with Crippen molar-refractivity contribution in [2.75, 3.05) is 7.11 Å². The number of nitrogens with zero attached hydrogens (tertiary/aromatic N) is 1. The van der Waals surface area contributed by atoms with Crippen LogP contribution in [0.25, 0.3) is 0 Å². The molecular formula is C11H13N3O3S. The zero-order valence-corrected chi connectivity index (χ0v) is 10.6. The average Bonchev–Trinajstić information content (AvgIpc) is 2.91. The molecule has 0 unspecified atom stereocenters. The molecular weight excluding hydrogens is 254 g/mol. The molecule has 0 atom stereocenters. The highest BCUT2D eigenvalue weighted by Crippen LogP contribution is 2.13. The Morgan fingerprint density at radius 3 is 2.89 bits per heavy atom. The summed E-state index contributed by atoms with van der Waals surface area (Å²) in [6.45, 7) is 0.193. The third kappa shape index (κ3) is 2.88. The molecule has 1 aromatic heterocycles. The van der Waals surface area contributed by atoms with E-state index in [1.807, 2.05) is 6.07 Å². The van der Waals surface area contributed by atoms with Crippen LogP contribution >= 0.6 is 0 Å². The maximum Gasteiger partial charge on any atom is 0.257 e. The third-order valence-corrected chi connectivity index (χ3v) is 3.70. The summed E-state index contributed by atoms with van der Waals surface area (Å²) in [6.07, 6.45) is 1.39. The third-order valence-electron chi connectivity index (χ3n) is 2.37. The quantitative estimate of drug-likeness (QED) is 0.843. The molecule has 18 heavy (non-hydrogen) atoms. The maximum absolute atomic E-state index is 11.8. The van der Waals surface area contributed by atoms with E-state index in [-0.39, 0.29) is 11.6 Å². The fourth-order valence-electron chi connectivity index (χ4n) is 1.43. The summed E-state index contributed by atoms with van der Waals surface area (Å²) in [7, 11) is -1.98. The largest absolute Gasteiger partial charge is 0.497 e. The van der Waals surface area contributed by atoms with Crippen molar-refractivity contribution < 1.29 is 13.2 Å². The number of hydrogen-bond acceptors (Lipinski definition) is 4. The smallest absolute Gasteiger partial charge is 0.257 e. The van der Waals surface area contributed by atoms with Crippen molar-refractivity contribution >= 4 is 10.0 Å². The summed E-state index contributed by atoms with van der Waals surface area (Å²) in [5.74, 6) is 0.688. The van der Waals surface area contributed by atoms with Crippen LogP contribution in [0.3, 0.4) is 0 Å². The Morgan fingerprint density at radius 1 is 1.39 bits per heavy atom. The van der Waals surface area contributed by atoms with Gasteiger partial charge in [0.1, 0.15) is 5.75 Å². The Bertz CT molecular complexity index is 608. The topological polar surface area (TPSA) is 84.1 Å². The molecule has 1 aromatic carbocycles. The first-order valence-electron chi connectivity index (χ1n) is 5.24. The molecule has 7 heteroatoms. The van der Waals surface area contributed by atoms with E-state index in [9.17, 15) is 8.42 Å². The lowest BCUT2D eigenvalue weighted by Gasteiger charge is -2.06. The van der Waals surface area contributed by atoms with Crippen molar-refractivity contribution in [2.24, 2.45) is 0 Å². The van der Waals surface area contributed by atoms with Gasteiger partial charge in [0.15, 0.2) is 5.03 Å². The van der Waals surface area contributed by atoms with Gasteiger partial charge in [-0.3, -0.25) is 5.10 Å². The second kappa shape index (κ2) is 5.19. The van der Waals surface area contributed by atoms with Crippen molar-refractivity contribution in [3.8, 4) is 5.75 Å². The van der Waals surface area contributed by atoms with E-state index in [0.29, 0.717) is 5.75 Å². The van der Waals surface area contributed by atoms with Crippen molar-refractivity contribution in [3.05, 3.63) is 42.1 Å². The van der Waals surface area contributed by atoms with Gasteiger partial charge in [-0.2, -0.15) is 5.10 Å². The average molecular weight is 267 g/mol. The molecule has 6 nitrogen and oxygen atoms in total. The maximum atomic E-state index is 11.8. The number of rotatable bonds is 5. The summed E-state index contributed by atoms with van der Waals surface area (Å²) in [5, 5.41) is 6.06. The number of nitrogens with one attached hydrogen (secondary N) is 2. The molecule has 0 bridgehead atoms. The lowest BCUT2D eigenvalue weighted by Crippen LogP contribution is -2.23. The molecule has 0 radical (unpaired) electrons. The van der Waals surface area contributed by atoms with Gasteiger partial charge in [-0.25, -0.2) is 13.1 Å². The van der Waals surface area contributed by atoms with E-state index in [1.165, 1.54) is 12.3 Å². The molecule has 1 heterocycles. The fourth-order valence-corrected chi connectivity index (χ4v) is 2.36. The van der Waals surface area contributed by atoms with Gasteiger partial charge in [-0.1, -0.05) is 12.1 Å². The second-order valence-corrected chi connectivity index (χ2v) is 5.33. The lowest BCUT2D eigenvalue weighted by molar-refractivity contribution is 0.414. The van der Waals surface area contributed by atoms with Gasteiger partial charge in [0, 0.05) is 6.54 Å². The minimum absolute atomic E-state index is 0.0467. The van der Waals surface area contributed by atoms with Gasteiger partial charge in [0.25, 0.3) is 10.0 Å². The van der Waals surface area contributed by atoms with Crippen LogP contribution in [-0.4, -0.2) is 25.7 Å².